The maximum atomic E-state index is 13.2. The molecule has 0 unspecified atom stereocenters. The third kappa shape index (κ3) is 3.55. The van der Waals surface area contributed by atoms with Crippen LogP contribution in [0.3, 0.4) is 0 Å². The number of ether oxygens (including phenoxy) is 1. The largest absolute Gasteiger partial charge is 0.445 e. The van der Waals surface area contributed by atoms with Gasteiger partial charge in [-0.15, -0.1) is 0 Å². The number of hydrogen-bond donors (Lipinski definition) is 2. The summed E-state index contributed by atoms with van der Waals surface area (Å²) in [5.74, 6) is -0.445. The van der Waals surface area contributed by atoms with E-state index in [4.69, 9.17) is 4.74 Å². The van der Waals surface area contributed by atoms with E-state index >= 15 is 0 Å². The third-order valence-corrected chi connectivity index (χ3v) is 5.13. The molecule has 2 aliphatic heterocycles. The molecule has 2 heterocycles. The van der Waals surface area contributed by atoms with E-state index in [0.29, 0.717) is 12.1 Å². The zero-order valence-electron chi connectivity index (χ0n) is 15.2. The van der Waals surface area contributed by atoms with Gasteiger partial charge in [0, 0.05) is 6.54 Å². The third-order valence-electron chi connectivity index (χ3n) is 5.13. The van der Waals surface area contributed by atoms with E-state index in [2.05, 4.69) is 10.6 Å². The standard InChI is InChI=1S/C21H21N3O4/c25-19-18-16(22-19)11-12-24(18)20(26)17(15-9-5-2-6-10-15)23-21(27)28-13-14-7-3-1-4-8-14/h1-10,16-18H,11-13H2,(H,22,25)(H,23,27)/t16-,17-,18+/m1/s1. The maximum Gasteiger partial charge on any atom is 0.408 e. The fraction of sp³-hybridized carbons (Fsp3) is 0.286. The molecule has 2 N–H and O–H groups in total. The Morgan fingerprint density at radius 2 is 1.79 bits per heavy atom. The molecule has 0 radical (unpaired) electrons. The first kappa shape index (κ1) is 18.0. The molecule has 0 aromatic heterocycles. The molecule has 7 heteroatoms. The Balaban J connectivity index is 1.47. The quantitative estimate of drug-likeness (QED) is 0.775. The van der Waals surface area contributed by atoms with E-state index in [-0.39, 0.29) is 24.5 Å². The van der Waals surface area contributed by atoms with E-state index in [1.807, 2.05) is 36.4 Å². The van der Waals surface area contributed by atoms with E-state index < -0.39 is 18.2 Å². The molecule has 2 aromatic rings. The molecule has 2 aliphatic rings. The number of nitrogens with zero attached hydrogens (tertiary/aromatic N) is 1. The molecule has 0 spiro atoms. The number of amides is 3. The van der Waals surface area contributed by atoms with Gasteiger partial charge in [0.1, 0.15) is 18.7 Å². The van der Waals surface area contributed by atoms with Crippen LogP contribution in [0.2, 0.25) is 0 Å². The number of β-lactam (4-membered cyclic amide) rings is 1. The van der Waals surface area contributed by atoms with Crippen LogP contribution in [0.4, 0.5) is 4.79 Å². The summed E-state index contributed by atoms with van der Waals surface area (Å²) >= 11 is 0. The van der Waals surface area contributed by atoms with Crippen LogP contribution in [0.15, 0.2) is 60.7 Å². The number of rotatable bonds is 5. The molecule has 0 aliphatic carbocycles. The van der Waals surface area contributed by atoms with Gasteiger partial charge in [-0.05, 0) is 17.5 Å². The normalized spacial score (nSPS) is 21.1. The molecule has 0 saturated carbocycles. The lowest BCUT2D eigenvalue weighted by atomic mass is 9.99. The molecular formula is C21H21N3O4. The van der Waals surface area contributed by atoms with E-state index in [9.17, 15) is 14.4 Å². The highest BCUT2D eigenvalue weighted by Crippen LogP contribution is 2.28. The minimum atomic E-state index is -0.906. The van der Waals surface area contributed by atoms with Gasteiger partial charge in [-0.3, -0.25) is 9.59 Å². The van der Waals surface area contributed by atoms with Crippen molar-refractivity contribution in [2.24, 2.45) is 0 Å². The van der Waals surface area contributed by atoms with E-state index in [1.54, 1.807) is 29.2 Å². The van der Waals surface area contributed by atoms with Gasteiger partial charge in [0.25, 0.3) is 5.91 Å². The van der Waals surface area contributed by atoms with Crippen LogP contribution < -0.4 is 10.6 Å². The molecule has 2 saturated heterocycles. The molecular weight excluding hydrogens is 358 g/mol. The first-order valence-corrected chi connectivity index (χ1v) is 9.26. The molecule has 2 fully saturated rings. The molecule has 4 rings (SSSR count). The maximum absolute atomic E-state index is 13.2. The van der Waals surface area contributed by atoms with Gasteiger partial charge in [-0.25, -0.2) is 4.79 Å². The van der Waals surface area contributed by atoms with Gasteiger partial charge in [0.05, 0.1) is 6.04 Å². The summed E-state index contributed by atoms with van der Waals surface area (Å²) < 4.78 is 5.28. The second-order valence-electron chi connectivity index (χ2n) is 6.93. The lowest BCUT2D eigenvalue weighted by Gasteiger charge is -2.37. The summed E-state index contributed by atoms with van der Waals surface area (Å²) in [7, 11) is 0. The van der Waals surface area contributed by atoms with Crippen molar-refractivity contribution in [3.63, 3.8) is 0 Å². The summed E-state index contributed by atoms with van der Waals surface area (Å²) in [5.41, 5.74) is 1.50. The summed E-state index contributed by atoms with van der Waals surface area (Å²) in [4.78, 5) is 38.9. The highest BCUT2D eigenvalue weighted by atomic mass is 16.5. The lowest BCUT2D eigenvalue weighted by molar-refractivity contribution is -0.145. The molecule has 2 aromatic carbocycles. The van der Waals surface area contributed by atoms with Crippen molar-refractivity contribution in [3.05, 3.63) is 71.8 Å². The van der Waals surface area contributed by atoms with Gasteiger partial charge in [0.2, 0.25) is 5.91 Å². The molecule has 3 amide bonds. The number of likely N-dealkylation sites (tertiary alicyclic amines) is 1. The fourth-order valence-corrected chi connectivity index (χ4v) is 3.67. The van der Waals surface area contributed by atoms with Crippen molar-refractivity contribution in [2.75, 3.05) is 6.54 Å². The number of alkyl carbamates (subject to hydrolysis) is 1. The van der Waals surface area contributed by atoms with Crippen LogP contribution >= 0.6 is 0 Å². The van der Waals surface area contributed by atoms with Gasteiger partial charge in [0.15, 0.2) is 0 Å². The fourth-order valence-electron chi connectivity index (χ4n) is 3.67. The smallest absolute Gasteiger partial charge is 0.408 e. The van der Waals surface area contributed by atoms with Crippen LogP contribution in [0, 0.1) is 0 Å². The number of nitrogens with one attached hydrogen (secondary N) is 2. The Morgan fingerprint density at radius 3 is 2.46 bits per heavy atom. The number of fused-ring (bicyclic) bond motifs is 1. The first-order valence-electron chi connectivity index (χ1n) is 9.26. The van der Waals surface area contributed by atoms with Crippen molar-refractivity contribution in [1.82, 2.24) is 15.5 Å². The lowest BCUT2D eigenvalue weighted by Crippen LogP contribution is -2.65. The number of carbonyl (C=O) groups is 3. The van der Waals surface area contributed by atoms with Crippen LogP contribution in [0.1, 0.15) is 23.6 Å². The molecule has 144 valence electrons. The minimum absolute atomic E-state index is 0.0119. The second-order valence-corrected chi connectivity index (χ2v) is 6.93. The van der Waals surface area contributed by atoms with Crippen LogP contribution in [-0.4, -0.2) is 41.4 Å². The molecule has 3 atom stereocenters. The highest BCUT2D eigenvalue weighted by Gasteiger charge is 2.51. The Morgan fingerprint density at radius 1 is 1.11 bits per heavy atom. The molecule has 7 nitrogen and oxygen atoms in total. The molecule has 28 heavy (non-hydrogen) atoms. The monoisotopic (exact) mass is 379 g/mol. The SMILES string of the molecule is O=C(N[C@@H](C(=O)N1CC[C@H]2NC(=O)[C@H]21)c1ccccc1)OCc1ccccc1. The Kier molecular flexibility index (Phi) is 4.97. The van der Waals surface area contributed by atoms with Gasteiger partial charge in [-0.1, -0.05) is 60.7 Å². The Bertz CT molecular complexity index is 872. The summed E-state index contributed by atoms with van der Waals surface area (Å²) in [5, 5.41) is 5.47. The summed E-state index contributed by atoms with van der Waals surface area (Å²) in [6.45, 7) is 0.593. The number of benzene rings is 2. The average molecular weight is 379 g/mol. The van der Waals surface area contributed by atoms with Gasteiger partial charge >= 0.3 is 6.09 Å². The Hall–Kier alpha value is -3.35. The van der Waals surface area contributed by atoms with Crippen LogP contribution in [0.5, 0.6) is 0 Å². The van der Waals surface area contributed by atoms with Crippen LogP contribution in [0.25, 0.3) is 0 Å². The zero-order chi connectivity index (χ0) is 19.5. The summed E-state index contributed by atoms with van der Waals surface area (Å²) in [6.07, 6.45) is 0.0436. The van der Waals surface area contributed by atoms with E-state index in [0.717, 1.165) is 12.0 Å². The Labute approximate surface area is 162 Å². The average Bonchev–Trinajstić information content (AvgIpc) is 3.08. The number of carbonyl (C=O) groups excluding carboxylic acids is 3. The molecule has 0 bridgehead atoms. The highest BCUT2D eigenvalue weighted by molar-refractivity contribution is 5.96. The topological polar surface area (TPSA) is 87.7 Å². The van der Waals surface area contributed by atoms with Crippen molar-refractivity contribution in [1.29, 1.82) is 0 Å². The second kappa shape index (κ2) is 7.72. The van der Waals surface area contributed by atoms with Crippen molar-refractivity contribution in [3.8, 4) is 0 Å². The predicted octanol–water partition coefficient (Wildman–Crippen LogP) is 1.75. The van der Waals surface area contributed by atoms with Crippen molar-refractivity contribution < 1.29 is 19.1 Å². The predicted molar refractivity (Wildman–Crippen MR) is 101 cm³/mol. The van der Waals surface area contributed by atoms with E-state index in [1.165, 1.54) is 0 Å². The van der Waals surface area contributed by atoms with Crippen molar-refractivity contribution >= 4 is 17.9 Å². The summed E-state index contributed by atoms with van der Waals surface area (Å²) in [6, 6.07) is 17.0. The minimum Gasteiger partial charge on any atom is -0.445 e. The van der Waals surface area contributed by atoms with Gasteiger partial charge in [-0.2, -0.15) is 0 Å². The number of hydrogen-bond acceptors (Lipinski definition) is 4. The zero-order valence-corrected chi connectivity index (χ0v) is 15.2. The van der Waals surface area contributed by atoms with Crippen LogP contribution in [-0.2, 0) is 20.9 Å². The first-order chi connectivity index (χ1) is 13.6. The van der Waals surface area contributed by atoms with Gasteiger partial charge < -0.3 is 20.3 Å². The van der Waals surface area contributed by atoms with Crippen molar-refractivity contribution in [2.45, 2.75) is 31.2 Å².